The molecule has 7 heteroatoms. The van der Waals surface area contributed by atoms with Gasteiger partial charge in [-0.1, -0.05) is 15.9 Å². The van der Waals surface area contributed by atoms with Gasteiger partial charge < -0.3 is 15.5 Å². The van der Waals surface area contributed by atoms with Gasteiger partial charge in [0.25, 0.3) is 0 Å². The van der Waals surface area contributed by atoms with Crippen LogP contribution in [0.1, 0.15) is 12.0 Å². The normalized spacial score (nSPS) is 11.3. The van der Waals surface area contributed by atoms with Crippen LogP contribution in [0, 0.1) is 11.3 Å². The molecule has 1 aromatic rings. The SMILES string of the molecule is N#Cc1ccc(Br)cc1NC(CC(=O)O)C(=O)O. The largest absolute Gasteiger partial charge is 0.481 e. The number of rotatable bonds is 5. The molecule has 0 aliphatic heterocycles. The van der Waals surface area contributed by atoms with Crippen LogP contribution in [-0.2, 0) is 9.59 Å². The third kappa shape index (κ3) is 3.75. The first-order valence-electron chi connectivity index (χ1n) is 4.85. The molecule has 3 N–H and O–H groups in total. The van der Waals surface area contributed by atoms with Gasteiger partial charge in [0.05, 0.1) is 17.7 Å². The van der Waals surface area contributed by atoms with Crippen LogP contribution in [0.5, 0.6) is 0 Å². The summed E-state index contributed by atoms with van der Waals surface area (Å²) in [5, 5.41) is 28.9. The Labute approximate surface area is 111 Å². The summed E-state index contributed by atoms with van der Waals surface area (Å²) in [6.07, 6.45) is -0.577. The van der Waals surface area contributed by atoms with Crippen molar-refractivity contribution in [3.8, 4) is 6.07 Å². The van der Waals surface area contributed by atoms with E-state index >= 15 is 0 Å². The van der Waals surface area contributed by atoms with Crippen LogP contribution >= 0.6 is 15.9 Å². The van der Waals surface area contributed by atoms with Crippen molar-refractivity contribution < 1.29 is 19.8 Å². The van der Waals surface area contributed by atoms with Gasteiger partial charge in [0, 0.05) is 4.47 Å². The average Bonchev–Trinajstić information content (AvgIpc) is 2.27. The van der Waals surface area contributed by atoms with E-state index in [4.69, 9.17) is 15.5 Å². The molecule has 1 unspecified atom stereocenters. The van der Waals surface area contributed by atoms with Crippen molar-refractivity contribution in [2.24, 2.45) is 0 Å². The molecule has 0 saturated carbocycles. The van der Waals surface area contributed by atoms with Gasteiger partial charge in [-0.3, -0.25) is 4.79 Å². The summed E-state index contributed by atoms with van der Waals surface area (Å²) in [4.78, 5) is 21.5. The standard InChI is InChI=1S/C11H9BrN2O4/c12-7-2-1-6(5-13)8(3-7)14-9(11(17)18)4-10(15)16/h1-3,9,14H,4H2,(H,15,16)(H,17,18). The lowest BCUT2D eigenvalue weighted by Crippen LogP contribution is -2.32. The van der Waals surface area contributed by atoms with E-state index in [0.29, 0.717) is 4.47 Å². The average molecular weight is 313 g/mol. The molecule has 18 heavy (non-hydrogen) atoms. The van der Waals surface area contributed by atoms with Gasteiger partial charge in [0.15, 0.2) is 0 Å². The zero-order chi connectivity index (χ0) is 13.7. The maximum atomic E-state index is 10.9. The minimum absolute atomic E-state index is 0.245. The topological polar surface area (TPSA) is 110 Å². The summed E-state index contributed by atoms with van der Waals surface area (Å²) in [6.45, 7) is 0. The Morgan fingerprint density at radius 1 is 1.44 bits per heavy atom. The molecule has 0 aliphatic carbocycles. The highest BCUT2D eigenvalue weighted by Gasteiger charge is 2.21. The summed E-state index contributed by atoms with van der Waals surface area (Å²) >= 11 is 3.19. The molecule has 0 saturated heterocycles. The van der Waals surface area contributed by atoms with Crippen LogP contribution in [0.4, 0.5) is 5.69 Å². The zero-order valence-electron chi connectivity index (χ0n) is 9.05. The highest BCUT2D eigenvalue weighted by atomic mass is 79.9. The van der Waals surface area contributed by atoms with Gasteiger partial charge in [-0.15, -0.1) is 0 Å². The van der Waals surface area contributed by atoms with Crippen LogP contribution in [0.3, 0.4) is 0 Å². The molecule has 0 spiro atoms. The number of benzene rings is 1. The van der Waals surface area contributed by atoms with Crippen molar-refractivity contribution in [2.75, 3.05) is 5.32 Å². The van der Waals surface area contributed by atoms with Crippen molar-refractivity contribution in [1.29, 1.82) is 5.26 Å². The van der Waals surface area contributed by atoms with Gasteiger partial charge in [-0.05, 0) is 18.2 Å². The molecular weight excluding hydrogens is 304 g/mol. The van der Waals surface area contributed by atoms with E-state index in [0.717, 1.165) is 0 Å². The van der Waals surface area contributed by atoms with Crippen LogP contribution in [0.15, 0.2) is 22.7 Å². The zero-order valence-corrected chi connectivity index (χ0v) is 10.6. The van der Waals surface area contributed by atoms with Gasteiger partial charge in [0.1, 0.15) is 12.1 Å². The molecule has 0 aromatic heterocycles. The fourth-order valence-corrected chi connectivity index (χ4v) is 1.66. The number of carbonyl (C=O) groups is 2. The minimum Gasteiger partial charge on any atom is -0.481 e. The van der Waals surface area contributed by atoms with E-state index in [1.807, 2.05) is 6.07 Å². The number of nitrogens with zero attached hydrogens (tertiary/aromatic N) is 1. The molecular formula is C11H9BrN2O4. The molecule has 1 atom stereocenters. The predicted octanol–water partition coefficient (Wildman–Crippen LogP) is 1.66. The lowest BCUT2D eigenvalue weighted by molar-refractivity contribution is -0.144. The lowest BCUT2D eigenvalue weighted by atomic mass is 10.1. The third-order valence-corrected chi connectivity index (χ3v) is 2.60. The van der Waals surface area contributed by atoms with Gasteiger partial charge >= 0.3 is 11.9 Å². The molecule has 94 valence electrons. The van der Waals surface area contributed by atoms with E-state index in [-0.39, 0.29) is 11.3 Å². The monoisotopic (exact) mass is 312 g/mol. The maximum absolute atomic E-state index is 10.9. The number of aliphatic carboxylic acids is 2. The first-order valence-corrected chi connectivity index (χ1v) is 5.64. The van der Waals surface area contributed by atoms with E-state index in [1.54, 1.807) is 6.07 Å². The smallest absolute Gasteiger partial charge is 0.326 e. The van der Waals surface area contributed by atoms with Gasteiger partial charge in [-0.25, -0.2) is 4.79 Å². The third-order valence-electron chi connectivity index (χ3n) is 2.11. The Balaban J connectivity index is 3.00. The molecule has 6 nitrogen and oxygen atoms in total. The summed E-state index contributed by atoms with van der Waals surface area (Å²) in [6, 6.07) is 5.27. The summed E-state index contributed by atoms with van der Waals surface area (Å²) < 4.78 is 0.656. The Morgan fingerprint density at radius 2 is 2.11 bits per heavy atom. The second kappa shape index (κ2) is 6.02. The Hall–Kier alpha value is -2.07. The first-order chi connectivity index (χ1) is 8.43. The quantitative estimate of drug-likeness (QED) is 0.762. The molecule has 0 radical (unpaired) electrons. The Bertz CT molecular complexity index is 524. The van der Waals surface area contributed by atoms with Crippen LogP contribution in [0.25, 0.3) is 0 Å². The Kier molecular flexibility index (Phi) is 4.68. The number of nitrogens with one attached hydrogen (secondary N) is 1. The molecule has 0 bridgehead atoms. The second-order valence-corrected chi connectivity index (χ2v) is 4.35. The maximum Gasteiger partial charge on any atom is 0.326 e. The molecule has 0 fully saturated rings. The van der Waals surface area contributed by atoms with Gasteiger partial charge in [0.2, 0.25) is 0 Å². The van der Waals surface area contributed by atoms with E-state index in [2.05, 4.69) is 21.2 Å². The van der Waals surface area contributed by atoms with E-state index < -0.39 is 24.4 Å². The molecule has 0 amide bonds. The number of hydrogen-bond acceptors (Lipinski definition) is 4. The highest BCUT2D eigenvalue weighted by molar-refractivity contribution is 9.10. The second-order valence-electron chi connectivity index (χ2n) is 3.43. The van der Waals surface area contributed by atoms with Crippen molar-refractivity contribution in [1.82, 2.24) is 0 Å². The fourth-order valence-electron chi connectivity index (χ4n) is 1.30. The number of anilines is 1. The van der Waals surface area contributed by atoms with Crippen molar-refractivity contribution in [2.45, 2.75) is 12.5 Å². The van der Waals surface area contributed by atoms with Crippen LogP contribution in [0.2, 0.25) is 0 Å². The number of nitriles is 1. The minimum atomic E-state index is -1.29. The predicted molar refractivity (Wildman–Crippen MR) is 66.2 cm³/mol. The molecule has 0 heterocycles. The molecule has 1 aromatic carbocycles. The van der Waals surface area contributed by atoms with Crippen LogP contribution in [-0.4, -0.2) is 28.2 Å². The van der Waals surface area contributed by atoms with E-state index in [9.17, 15) is 9.59 Å². The number of carboxylic acid groups (broad SMARTS) is 2. The number of carboxylic acids is 2. The van der Waals surface area contributed by atoms with Crippen LogP contribution < -0.4 is 5.32 Å². The lowest BCUT2D eigenvalue weighted by Gasteiger charge is -2.15. The summed E-state index contributed by atoms with van der Waals surface area (Å²) in [5.74, 6) is -2.52. The van der Waals surface area contributed by atoms with E-state index in [1.165, 1.54) is 12.1 Å². The molecule has 0 aliphatic rings. The van der Waals surface area contributed by atoms with Gasteiger partial charge in [-0.2, -0.15) is 5.26 Å². The summed E-state index contributed by atoms with van der Waals surface area (Å²) in [5.41, 5.74) is 0.523. The fraction of sp³-hybridized carbons (Fsp3) is 0.182. The highest BCUT2D eigenvalue weighted by Crippen LogP contribution is 2.22. The Morgan fingerprint density at radius 3 is 2.61 bits per heavy atom. The number of halogens is 1. The first kappa shape index (κ1) is 14.0. The van der Waals surface area contributed by atoms with Crippen molar-refractivity contribution in [3.05, 3.63) is 28.2 Å². The number of hydrogen-bond donors (Lipinski definition) is 3. The molecule has 1 rings (SSSR count). The van der Waals surface area contributed by atoms with Crippen molar-refractivity contribution in [3.63, 3.8) is 0 Å². The summed E-state index contributed by atoms with van der Waals surface area (Å²) in [7, 11) is 0. The van der Waals surface area contributed by atoms with Crippen molar-refractivity contribution >= 4 is 33.6 Å².